The van der Waals surface area contributed by atoms with Gasteiger partial charge in [-0.1, -0.05) is 6.07 Å². The third-order valence-electron chi connectivity index (χ3n) is 5.04. The maximum Gasteiger partial charge on any atom is 0.133 e. The molecule has 1 atom stereocenters. The van der Waals surface area contributed by atoms with E-state index < -0.39 is 0 Å². The van der Waals surface area contributed by atoms with E-state index in [0.717, 1.165) is 58.4 Å². The minimum absolute atomic E-state index is 0.358. The molecule has 2 saturated heterocycles. The Morgan fingerprint density at radius 3 is 2.88 bits per heavy atom. The monoisotopic (exact) mass is 373 g/mol. The Hall–Kier alpha value is -1.47. The first-order chi connectivity index (χ1) is 12.9. The van der Waals surface area contributed by atoms with Gasteiger partial charge >= 0.3 is 0 Å². The second-order valence-corrected chi connectivity index (χ2v) is 7.80. The molecule has 0 aliphatic carbocycles. The van der Waals surface area contributed by atoms with E-state index in [1.165, 1.54) is 24.0 Å². The van der Waals surface area contributed by atoms with E-state index in [4.69, 9.17) is 14.5 Å². The lowest BCUT2D eigenvalue weighted by Gasteiger charge is -2.31. The van der Waals surface area contributed by atoms with Gasteiger partial charge in [-0.25, -0.2) is 4.98 Å². The van der Waals surface area contributed by atoms with Crippen LogP contribution in [-0.2, 0) is 22.6 Å². The van der Waals surface area contributed by atoms with Crippen molar-refractivity contribution in [1.29, 1.82) is 0 Å². The molecular weight excluding hydrogens is 346 g/mol. The molecule has 4 rings (SSSR count). The van der Waals surface area contributed by atoms with Crippen LogP contribution in [0.1, 0.15) is 24.0 Å². The van der Waals surface area contributed by atoms with E-state index >= 15 is 0 Å². The molecule has 0 saturated carbocycles. The number of pyridine rings is 1. The molecule has 2 aromatic rings. The minimum Gasteiger partial charge on any atom is -0.378 e. The summed E-state index contributed by atoms with van der Waals surface area (Å²) in [7, 11) is 0. The van der Waals surface area contributed by atoms with Crippen LogP contribution in [0.5, 0.6) is 0 Å². The number of hydrogen-bond acceptors (Lipinski definition) is 6. The van der Waals surface area contributed by atoms with E-state index in [0.29, 0.717) is 6.10 Å². The first-order valence-corrected chi connectivity index (χ1v) is 10.4. The van der Waals surface area contributed by atoms with Crippen LogP contribution in [0.25, 0.3) is 0 Å². The largest absolute Gasteiger partial charge is 0.378 e. The Bertz CT molecular complexity index is 667. The summed E-state index contributed by atoms with van der Waals surface area (Å²) in [6.45, 7) is 7.14. The van der Waals surface area contributed by atoms with Crippen molar-refractivity contribution in [1.82, 2.24) is 9.88 Å². The smallest absolute Gasteiger partial charge is 0.133 e. The molecular formula is C20H27N3O2S. The van der Waals surface area contributed by atoms with Crippen LogP contribution in [0, 0.1) is 0 Å². The zero-order chi connectivity index (χ0) is 17.6. The van der Waals surface area contributed by atoms with Crippen molar-refractivity contribution in [3.63, 3.8) is 0 Å². The zero-order valence-electron chi connectivity index (χ0n) is 15.2. The number of rotatable bonds is 7. The van der Waals surface area contributed by atoms with E-state index in [1.807, 2.05) is 12.3 Å². The number of morpholine rings is 1. The Kier molecular flexibility index (Phi) is 6.17. The summed E-state index contributed by atoms with van der Waals surface area (Å²) < 4.78 is 11.4. The Morgan fingerprint density at radius 1 is 1.19 bits per heavy atom. The van der Waals surface area contributed by atoms with Gasteiger partial charge in [-0.3, -0.25) is 4.90 Å². The first kappa shape index (κ1) is 17.9. The molecule has 0 radical (unpaired) electrons. The predicted molar refractivity (Wildman–Crippen MR) is 105 cm³/mol. The van der Waals surface area contributed by atoms with Crippen molar-refractivity contribution in [2.24, 2.45) is 0 Å². The van der Waals surface area contributed by atoms with E-state index in [-0.39, 0.29) is 0 Å². The normalized spacial score (nSPS) is 20.8. The van der Waals surface area contributed by atoms with Crippen LogP contribution in [0.4, 0.5) is 5.82 Å². The molecule has 0 bridgehead atoms. The van der Waals surface area contributed by atoms with Crippen LogP contribution in [-0.4, -0.2) is 55.4 Å². The third kappa shape index (κ3) is 4.62. The molecule has 0 aromatic carbocycles. The molecule has 4 heterocycles. The van der Waals surface area contributed by atoms with Crippen LogP contribution in [0.15, 0.2) is 35.2 Å². The number of thiophene rings is 1. The van der Waals surface area contributed by atoms with Crippen LogP contribution >= 0.6 is 11.3 Å². The van der Waals surface area contributed by atoms with Gasteiger partial charge in [-0.2, -0.15) is 11.3 Å². The maximum absolute atomic E-state index is 5.91. The lowest BCUT2D eigenvalue weighted by atomic mass is 10.1. The van der Waals surface area contributed by atoms with Gasteiger partial charge in [0.05, 0.1) is 19.3 Å². The number of aromatic nitrogens is 1. The van der Waals surface area contributed by atoms with Gasteiger partial charge in [-0.05, 0) is 41.3 Å². The van der Waals surface area contributed by atoms with Crippen molar-refractivity contribution in [2.45, 2.75) is 32.0 Å². The van der Waals surface area contributed by atoms with E-state index in [9.17, 15) is 0 Å². The molecule has 2 fully saturated rings. The molecule has 140 valence electrons. The Labute approximate surface area is 159 Å². The van der Waals surface area contributed by atoms with Crippen LogP contribution < -0.4 is 4.90 Å². The number of nitrogens with zero attached hydrogens (tertiary/aromatic N) is 3. The van der Waals surface area contributed by atoms with Gasteiger partial charge in [0, 0.05) is 51.1 Å². The highest BCUT2D eigenvalue weighted by Crippen LogP contribution is 2.23. The van der Waals surface area contributed by atoms with Gasteiger partial charge in [0.15, 0.2) is 0 Å². The number of hydrogen-bond donors (Lipinski definition) is 0. The summed E-state index contributed by atoms with van der Waals surface area (Å²) in [6.07, 6.45) is 4.61. The molecule has 26 heavy (non-hydrogen) atoms. The fourth-order valence-electron chi connectivity index (χ4n) is 3.76. The second kappa shape index (κ2) is 8.95. The highest BCUT2D eigenvalue weighted by atomic mass is 32.1. The Balaban J connectivity index is 1.50. The number of anilines is 1. The van der Waals surface area contributed by atoms with Gasteiger partial charge in [0.25, 0.3) is 0 Å². The SMILES string of the molecule is c1cnc(N2CCOCC2)c(CN(Cc2ccsc2)C[C@@H]2CCCO2)c1. The average molecular weight is 374 g/mol. The highest BCUT2D eigenvalue weighted by Gasteiger charge is 2.22. The fraction of sp³-hybridized carbons (Fsp3) is 0.550. The average Bonchev–Trinajstić information content (AvgIpc) is 3.37. The maximum atomic E-state index is 5.91. The number of ether oxygens (including phenoxy) is 2. The van der Waals surface area contributed by atoms with E-state index in [2.05, 4.69) is 32.7 Å². The van der Waals surface area contributed by atoms with Gasteiger partial charge in [-0.15, -0.1) is 0 Å². The molecule has 0 N–H and O–H groups in total. The topological polar surface area (TPSA) is 37.8 Å². The summed E-state index contributed by atoms with van der Waals surface area (Å²) in [4.78, 5) is 9.57. The third-order valence-corrected chi connectivity index (χ3v) is 5.78. The lowest BCUT2D eigenvalue weighted by molar-refractivity contribution is 0.0679. The fourth-order valence-corrected chi connectivity index (χ4v) is 4.42. The first-order valence-electron chi connectivity index (χ1n) is 9.50. The molecule has 6 heteroatoms. The molecule has 0 unspecified atom stereocenters. The Morgan fingerprint density at radius 2 is 2.12 bits per heavy atom. The summed E-state index contributed by atoms with van der Waals surface area (Å²) >= 11 is 1.76. The second-order valence-electron chi connectivity index (χ2n) is 7.02. The minimum atomic E-state index is 0.358. The van der Waals surface area contributed by atoms with Gasteiger partial charge in [0.1, 0.15) is 5.82 Å². The van der Waals surface area contributed by atoms with Crippen molar-refractivity contribution in [3.8, 4) is 0 Å². The van der Waals surface area contributed by atoms with E-state index in [1.54, 1.807) is 11.3 Å². The van der Waals surface area contributed by atoms with Gasteiger partial charge in [0.2, 0.25) is 0 Å². The van der Waals surface area contributed by atoms with Gasteiger partial charge < -0.3 is 14.4 Å². The molecule has 5 nitrogen and oxygen atoms in total. The van der Waals surface area contributed by atoms with Crippen molar-refractivity contribution in [2.75, 3.05) is 44.4 Å². The summed E-state index contributed by atoms with van der Waals surface area (Å²) in [5.41, 5.74) is 2.67. The summed E-state index contributed by atoms with van der Waals surface area (Å²) in [6, 6.07) is 6.49. The standard InChI is InChI=1S/C20H27N3O2S/c1-3-18(20(21-6-1)23-7-10-24-11-8-23)14-22(13-17-5-12-26-16-17)15-19-4-2-9-25-19/h1,3,5-6,12,16,19H,2,4,7-11,13-15H2/t19-/m0/s1. The van der Waals surface area contributed by atoms with Crippen molar-refractivity contribution < 1.29 is 9.47 Å². The van der Waals surface area contributed by atoms with Crippen LogP contribution in [0.3, 0.4) is 0 Å². The lowest BCUT2D eigenvalue weighted by Crippen LogP contribution is -2.38. The van der Waals surface area contributed by atoms with Crippen molar-refractivity contribution in [3.05, 3.63) is 46.3 Å². The zero-order valence-corrected chi connectivity index (χ0v) is 16.0. The van der Waals surface area contributed by atoms with Crippen molar-refractivity contribution >= 4 is 17.2 Å². The summed E-state index contributed by atoms with van der Waals surface area (Å²) in [5, 5.41) is 4.40. The molecule has 0 spiro atoms. The quantitative estimate of drug-likeness (QED) is 0.745. The highest BCUT2D eigenvalue weighted by molar-refractivity contribution is 7.07. The molecule has 0 amide bonds. The predicted octanol–water partition coefficient (Wildman–Crippen LogP) is 3.16. The molecule has 2 aliphatic heterocycles. The van der Waals surface area contributed by atoms with Crippen LogP contribution in [0.2, 0.25) is 0 Å². The summed E-state index contributed by atoms with van der Waals surface area (Å²) in [5.74, 6) is 1.11. The molecule has 2 aromatic heterocycles. The molecule has 2 aliphatic rings.